The maximum Gasteiger partial charge on any atom is 0.184 e. The van der Waals surface area contributed by atoms with Crippen molar-refractivity contribution in [3.8, 4) is 0 Å². The molecular weight excluding hydrogens is 252 g/mol. The van der Waals surface area contributed by atoms with E-state index in [9.17, 15) is 13.2 Å². The summed E-state index contributed by atoms with van der Waals surface area (Å²) in [6.07, 6.45) is 1.36. The second kappa shape index (κ2) is 5.06. The normalized spacial score (nSPS) is 12.4. The number of carbonyl (C=O) groups is 1. The predicted octanol–water partition coefficient (Wildman–Crippen LogP) is 1.45. The highest BCUT2D eigenvalue weighted by Gasteiger charge is 2.29. The predicted molar refractivity (Wildman–Crippen MR) is 71.1 cm³/mol. The number of nitrogens with two attached hydrogens (primary N) is 1. The highest BCUT2D eigenvalue weighted by atomic mass is 32.2. The number of aromatic nitrogens is 1. The summed E-state index contributed by atoms with van der Waals surface area (Å²) in [6, 6.07) is 3.19. The number of hydrogen-bond acceptors (Lipinski definition) is 5. The van der Waals surface area contributed by atoms with Crippen molar-refractivity contribution in [3.63, 3.8) is 0 Å². The number of rotatable bonds is 4. The summed E-state index contributed by atoms with van der Waals surface area (Å²) in [5, 5.41) is 0. The largest absolute Gasteiger partial charge is 0.397 e. The molecule has 0 fully saturated rings. The molecule has 0 saturated carbocycles. The Morgan fingerprint density at radius 2 is 2.00 bits per heavy atom. The van der Waals surface area contributed by atoms with Crippen molar-refractivity contribution in [2.45, 2.75) is 31.9 Å². The summed E-state index contributed by atoms with van der Waals surface area (Å²) in [7, 11) is -3.30. The van der Waals surface area contributed by atoms with Crippen LogP contribution in [0, 0.1) is 0 Å². The van der Waals surface area contributed by atoms with Crippen LogP contribution in [0.15, 0.2) is 18.3 Å². The van der Waals surface area contributed by atoms with Gasteiger partial charge in [-0.25, -0.2) is 8.42 Å². The van der Waals surface area contributed by atoms with Crippen molar-refractivity contribution in [2.24, 2.45) is 0 Å². The highest BCUT2D eigenvalue weighted by molar-refractivity contribution is 7.92. The van der Waals surface area contributed by atoms with E-state index in [4.69, 9.17) is 5.73 Å². The molecular formula is C12H18N2O3S. The maximum atomic E-state index is 11.9. The van der Waals surface area contributed by atoms with Gasteiger partial charge in [0.05, 0.1) is 16.2 Å². The lowest BCUT2D eigenvalue weighted by atomic mass is 10.2. The lowest BCUT2D eigenvalue weighted by Gasteiger charge is -2.18. The first-order chi connectivity index (χ1) is 8.15. The smallest absolute Gasteiger partial charge is 0.184 e. The summed E-state index contributed by atoms with van der Waals surface area (Å²) in [4.78, 5) is 15.7. The number of sulfone groups is 1. The third-order valence-corrected chi connectivity index (χ3v) is 5.24. The fourth-order valence-corrected chi connectivity index (χ4v) is 2.37. The van der Waals surface area contributed by atoms with Crippen molar-refractivity contribution < 1.29 is 13.2 Å². The molecule has 0 atom stereocenters. The molecule has 0 aliphatic heterocycles. The van der Waals surface area contributed by atoms with Crippen LogP contribution in [0.4, 0.5) is 5.69 Å². The van der Waals surface area contributed by atoms with E-state index in [1.165, 1.54) is 6.20 Å². The van der Waals surface area contributed by atoms with Gasteiger partial charge in [-0.3, -0.25) is 9.78 Å². The van der Waals surface area contributed by atoms with E-state index in [1.54, 1.807) is 32.9 Å². The van der Waals surface area contributed by atoms with Gasteiger partial charge in [-0.1, -0.05) is 0 Å². The number of nitrogens with zero attached hydrogens (tertiary/aromatic N) is 1. The summed E-state index contributed by atoms with van der Waals surface area (Å²) in [5.74, 6) is -0.536. The molecule has 100 valence electrons. The zero-order chi connectivity index (χ0) is 14.0. The van der Waals surface area contributed by atoms with Crippen LogP contribution in [0.1, 0.15) is 37.7 Å². The lowest BCUT2D eigenvalue weighted by Crippen LogP contribution is -2.31. The number of anilines is 1. The van der Waals surface area contributed by atoms with E-state index in [2.05, 4.69) is 4.98 Å². The van der Waals surface area contributed by atoms with Crippen LogP contribution in [0.25, 0.3) is 0 Å². The van der Waals surface area contributed by atoms with Crippen LogP contribution in [0.5, 0.6) is 0 Å². The minimum atomic E-state index is -3.30. The van der Waals surface area contributed by atoms with Crippen LogP contribution in [0.3, 0.4) is 0 Å². The van der Waals surface area contributed by atoms with E-state index in [-0.39, 0.29) is 29.3 Å². The fraction of sp³-hybridized carbons (Fsp3) is 0.500. The Bertz CT molecular complexity index is 545. The number of carbonyl (C=O) groups excluding carboxylic acids is 1. The number of pyridine rings is 1. The Morgan fingerprint density at radius 1 is 1.39 bits per heavy atom. The Labute approximate surface area is 107 Å². The molecule has 0 aliphatic rings. The van der Waals surface area contributed by atoms with Gasteiger partial charge in [0.2, 0.25) is 0 Å². The van der Waals surface area contributed by atoms with Crippen LogP contribution in [-0.2, 0) is 9.84 Å². The molecule has 0 spiro atoms. The Hall–Kier alpha value is -1.43. The van der Waals surface area contributed by atoms with E-state index < -0.39 is 14.6 Å². The molecule has 0 amide bonds. The van der Waals surface area contributed by atoms with Gasteiger partial charge < -0.3 is 5.73 Å². The molecule has 5 nitrogen and oxygen atoms in total. The summed E-state index contributed by atoms with van der Waals surface area (Å²) in [6.45, 7) is 4.84. The molecule has 2 N–H and O–H groups in total. The van der Waals surface area contributed by atoms with E-state index in [0.29, 0.717) is 0 Å². The van der Waals surface area contributed by atoms with Crippen molar-refractivity contribution in [2.75, 3.05) is 11.5 Å². The van der Waals surface area contributed by atoms with Crippen LogP contribution < -0.4 is 5.73 Å². The van der Waals surface area contributed by atoms with Gasteiger partial charge in [-0.2, -0.15) is 0 Å². The minimum absolute atomic E-state index is 0.0964. The fourth-order valence-electron chi connectivity index (χ4n) is 1.30. The third-order valence-electron chi connectivity index (χ3n) is 2.63. The lowest BCUT2D eigenvalue weighted by molar-refractivity contribution is 0.0985. The average molecular weight is 270 g/mol. The summed E-state index contributed by atoms with van der Waals surface area (Å²) in [5.41, 5.74) is 6.03. The minimum Gasteiger partial charge on any atom is -0.397 e. The zero-order valence-corrected chi connectivity index (χ0v) is 11.6. The van der Waals surface area contributed by atoms with Gasteiger partial charge in [0.15, 0.2) is 15.6 Å². The van der Waals surface area contributed by atoms with Gasteiger partial charge in [0.25, 0.3) is 0 Å². The highest BCUT2D eigenvalue weighted by Crippen LogP contribution is 2.18. The molecule has 0 aliphatic carbocycles. The average Bonchev–Trinajstić information content (AvgIpc) is 2.25. The van der Waals surface area contributed by atoms with Crippen LogP contribution >= 0.6 is 0 Å². The zero-order valence-electron chi connectivity index (χ0n) is 10.8. The molecule has 0 radical (unpaired) electrons. The SMILES string of the molecule is CC(C)(C)S(=O)(=O)CCC(=O)c1ncccc1N. The van der Waals surface area contributed by atoms with Crippen LogP contribution in [0.2, 0.25) is 0 Å². The van der Waals surface area contributed by atoms with Gasteiger partial charge in [0.1, 0.15) is 5.69 Å². The number of ketones is 1. The number of nitrogen functional groups attached to an aromatic ring is 1. The molecule has 0 saturated heterocycles. The van der Waals surface area contributed by atoms with Crippen molar-refractivity contribution in [1.29, 1.82) is 0 Å². The first-order valence-corrected chi connectivity index (χ1v) is 7.26. The number of Topliss-reactive ketones (excluding diaryl/α,β-unsaturated/α-hetero) is 1. The van der Waals surface area contributed by atoms with Crippen molar-refractivity contribution in [1.82, 2.24) is 4.98 Å². The summed E-state index contributed by atoms with van der Waals surface area (Å²) < 4.78 is 22.9. The molecule has 1 rings (SSSR count). The summed E-state index contributed by atoms with van der Waals surface area (Å²) >= 11 is 0. The molecule has 0 unspecified atom stereocenters. The second-order valence-electron chi connectivity index (χ2n) is 5.05. The second-order valence-corrected chi connectivity index (χ2v) is 7.91. The molecule has 0 bridgehead atoms. The van der Waals surface area contributed by atoms with Crippen LogP contribution in [-0.4, -0.2) is 29.7 Å². The van der Waals surface area contributed by atoms with Crippen molar-refractivity contribution in [3.05, 3.63) is 24.0 Å². The Morgan fingerprint density at radius 3 is 2.50 bits per heavy atom. The topological polar surface area (TPSA) is 90.1 Å². The van der Waals surface area contributed by atoms with Crippen molar-refractivity contribution >= 4 is 21.3 Å². The Kier molecular flexibility index (Phi) is 4.11. The van der Waals surface area contributed by atoms with Gasteiger partial charge in [-0.05, 0) is 32.9 Å². The molecule has 6 heteroatoms. The molecule has 1 aromatic heterocycles. The van der Waals surface area contributed by atoms with E-state index >= 15 is 0 Å². The van der Waals surface area contributed by atoms with Gasteiger partial charge >= 0.3 is 0 Å². The molecule has 18 heavy (non-hydrogen) atoms. The van der Waals surface area contributed by atoms with E-state index in [1.807, 2.05) is 0 Å². The number of hydrogen-bond donors (Lipinski definition) is 1. The molecule has 1 heterocycles. The quantitative estimate of drug-likeness (QED) is 0.836. The Balaban J connectivity index is 2.78. The first kappa shape index (κ1) is 14.6. The standard InChI is InChI=1S/C12H18N2O3S/c1-12(2,3)18(16,17)8-6-10(15)11-9(13)5-4-7-14-11/h4-5,7H,6,8,13H2,1-3H3. The van der Waals surface area contributed by atoms with E-state index in [0.717, 1.165) is 0 Å². The molecule has 1 aromatic rings. The van der Waals surface area contributed by atoms with Gasteiger partial charge in [0, 0.05) is 12.6 Å². The first-order valence-electron chi connectivity index (χ1n) is 5.61. The maximum absolute atomic E-state index is 11.9. The monoisotopic (exact) mass is 270 g/mol. The molecule has 0 aromatic carbocycles. The van der Waals surface area contributed by atoms with Gasteiger partial charge in [-0.15, -0.1) is 0 Å². The third kappa shape index (κ3) is 3.29.